The number of nitrogens with zero attached hydrogens (tertiary/aromatic N) is 2. The molecule has 0 radical (unpaired) electrons. The smallest absolute Gasteiger partial charge is 0.229 e. The number of thiol groups is 1. The van der Waals surface area contributed by atoms with Crippen molar-refractivity contribution in [1.82, 2.24) is 4.90 Å². The van der Waals surface area contributed by atoms with Gasteiger partial charge in [0.2, 0.25) is 5.91 Å². The topological polar surface area (TPSA) is 51.2 Å². The molecule has 7 rings (SSSR count). The van der Waals surface area contributed by atoms with Gasteiger partial charge in [-0.3, -0.25) is 9.69 Å². The standard InChI is InChI=1S/C23H26N2O4S/c1-27-14-7-12-13(8-15(14)28-2)25-17(26)9-16-19-18-11(3-6-29-16)10-24-5-4-23(12,21(19)25)22(24)20(18)30/h3,7-8,16,18-22,30H,4-6,9-10H2,1-2H3/t16-,18-,19+,20?,21-,22-,23-/m0/s1. The third-order valence-electron chi connectivity index (χ3n) is 8.82. The molecule has 158 valence electrons. The number of piperidine rings is 2. The van der Waals surface area contributed by atoms with E-state index in [1.54, 1.807) is 14.2 Å². The number of carbonyl (C=O) groups excluding carboxylic acids is 1. The highest BCUT2D eigenvalue weighted by atomic mass is 32.1. The molecule has 5 heterocycles. The van der Waals surface area contributed by atoms with Crippen molar-refractivity contribution >= 4 is 24.2 Å². The molecule has 1 saturated carbocycles. The minimum absolute atomic E-state index is 0.0322. The molecule has 7 heteroatoms. The molecule has 0 aromatic heterocycles. The van der Waals surface area contributed by atoms with E-state index in [4.69, 9.17) is 26.8 Å². The number of hydrogen-bond acceptors (Lipinski definition) is 6. The van der Waals surface area contributed by atoms with Crippen molar-refractivity contribution in [3.63, 3.8) is 0 Å². The van der Waals surface area contributed by atoms with Crippen molar-refractivity contribution in [1.29, 1.82) is 0 Å². The average Bonchev–Trinajstić information content (AvgIpc) is 3.20. The highest BCUT2D eigenvalue weighted by Crippen LogP contribution is 2.67. The van der Waals surface area contributed by atoms with E-state index in [0.717, 1.165) is 30.9 Å². The van der Waals surface area contributed by atoms with Gasteiger partial charge < -0.3 is 19.1 Å². The molecule has 30 heavy (non-hydrogen) atoms. The molecule has 2 bridgehead atoms. The minimum atomic E-state index is -0.129. The number of fused-ring (bicyclic) bond motifs is 2. The van der Waals surface area contributed by atoms with Crippen molar-refractivity contribution in [3.8, 4) is 11.5 Å². The number of carbonyl (C=O) groups is 1. The van der Waals surface area contributed by atoms with Gasteiger partial charge in [0.1, 0.15) is 0 Å². The van der Waals surface area contributed by atoms with Gasteiger partial charge in [0.05, 0.1) is 45.1 Å². The minimum Gasteiger partial charge on any atom is -0.493 e. The molecular formula is C23H26N2O4S. The third-order valence-corrected chi connectivity index (χ3v) is 9.42. The molecule has 6 aliphatic rings. The van der Waals surface area contributed by atoms with E-state index in [0.29, 0.717) is 30.7 Å². The summed E-state index contributed by atoms with van der Waals surface area (Å²) in [6, 6.07) is 4.59. The summed E-state index contributed by atoms with van der Waals surface area (Å²) in [5.41, 5.74) is 3.58. The molecule has 1 amide bonds. The molecule has 7 atom stereocenters. The molecule has 1 aromatic carbocycles. The molecular weight excluding hydrogens is 400 g/mol. The maximum Gasteiger partial charge on any atom is 0.229 e. The van der Waals surface area contributed by atoms with Crippen LogP contribution in [0.15, 0.2) is 23.8 Å². The molecule has 1 unspecified atom stereocenters. The van der Waals surface area contributed by atoms with E-state index in [1.807, 2.05) is 6.07 Å². The number of hydrogen-bond donors (Lipinski definition) is 1. The Hall–Kier alpha value is -1.70. The van der Waals surface area contributed by atoms with Crippen LogP contribution in [0.5, 0.6) is 11.5 Å². The van der Waals surface area contributed by atoms with E-state index in [-0.39, 0.29) is 34.6 Å². The summed E-state index contributed by atoms with van der Waals surface area (Å²) in [5.74, 6) is 2.23. The van der Waals surface area contributed by atoms with Gasteiger partial charge in [-0.1, -0.05) is 11.6 Å². The summed E-state index contributed by atoms with van der Waals surface area (Å²) in [6.07, 6.45) is 3.72. The number of methoxy groups -OCH3 is 2. The molecule has 5 aliphatic heterocycles. The zero-order valence-electron chi connectivity index (χ0n) is 17.2. The Bertz CT molecular complexity index is 1010. The Morgan fingerprint density at radius 1 is 1.20 bits per heavy atom. The van der Waals surface area contributed by atoms with Gasteiger partial charge in [-0.25, -0.2) is 0 Å². The summed E-state index contributed by atoms with van der Waals surface area (Å²) in [4.78, 5) is 18.2. The van der Waals surface area contributed by atoms with Crippen LogP contribution in [0.2, 0.25) is 0 Å². The Balaban J connectivity index is 1.54. The quantitative estimate of drug-likeness (QED) is 0.579. The normalized spacial score (nSPS) is 42.6. The fourth-order valence-corrected chi connectivity index (χ4v) is 8.80. The van der Waals surface area contributed by atoms with Crippen molar-refractivity contribution in [2.24, 2.45) is 11.8 Å². The third kappa shape index (κ3) is 1.82. The summed E-state index contributed by atoms with van der Waals surface area (Å²) in [6.45, 7) is 2.65. The molecule has 4 fully saturated rings. The lowest BCUT2D eigenvalue weighted by Crippen LogP contribution is -2.72. The van der Waals surface area contributed by atoms with Crippen LogP contribution in [0.4, 0.5) is 5.69 Å². The van der Waals surface area contributed by atoms with Crippen LogP contribution in [0.25, 0.3) is 0 Å². The predicted octanol–water partition coefficient (Wildman–Crippen LogP) is 2.02. The van der Waals surface area contributed by atoms with Crippen LogP contribution in [0.1, 0.15) is 18.4 Å². The van der Waals surface area contributed by atoms with Gasteiger partial charge in [-0.15, -0.1) is 0 Å². The van der Waals surface area contributed by atoms with Gasteiger partial charge >= 0.3 is 0 Å². The van der Waals surface area contributed by atoms with Crippen LogP contribution >= 0.6 is 12.6 Å². The molecule has 3 saturated heterocycles. The lowest BCUT2D eigenvalue weighted by atomic mass is 9.53. The van der Waals surface area contributed by atoms with Gasteiger partial charge in [-0.2, -0.15) is 12.6 Å². The molecule has 0 N–H and O–H groups in total. The van der Waals surface area contributed by atoms with Gasteiger partial charge in [0, 0.05) is 41.2 Å². The zero-order chi connectivity index (χ0) is 20.4. The predicted molar refractivity (Wildman–Crippen MR) is 115 cm³/mol. The van der Waals surface area contributed by atoms with Crippen LogP contribution < -0.4 is 14.4 Å². The summed E-state index contributed by atoms with van der Waals surface area (Å²) < 4.78 is 17.6. The maximum absolute atomic E-state index is 13.5. The van der Waals surface area contributed by atoms with E-state index in [1.165, 1.54) is 11.1 Å². The highest BCUT2D eigenvalue weighted by molar-refractivity contribution is 7.81. The fourth-order valence-electron chi connectivity index (χ4n) is 7.96. The number of benzene rings is 1. The second-order valence-corrected chi connectivity index (χ2v) is 10.2. The summed E-state index contributed by atoms with van der Waals surface area (Å²) in [7, 11) is 3.34. The summed E-state index contributed by atoms with van der Waals surface area (Å²) >= 11 is 5.27. The maximum atomic E-state index is 13.5. The first-order valence-corrected chi connectivity index (χ1v) is 11.4. The Kier molecular flexibility index (Phi) is 3.44. The lowest BCUT2D eigenvalue weighted by molar-refractivity contribution is -0.132. The molecule has 6 nitrogen and oxygen atoms in total. The van der Waals surface area contributed by atoms with Crippen LogP contribution in [-0.4, -0.2) is 68.2 Å². The van der Waals surface area contributed by atoms with Crippen molar-refractivity contribution in [2.75, 3.05) is 38.8 Å². The van der Waals surface area contributed by atoms with E-state index < -0.39 is 0 Å². The lowest BCUT2D eigenvalue weighted by Gasteiger charge is -2.61. The number of amides is 1. The van der Waals surface area contributed by atoms with Gasteiger partial charge in [-0.05, 0) is 24.6 Å². The van der Waals surface area contributed by atoms with Crippen molar-refractivity contribution in [3.05, 3.63) is 29.3 Å². The van der Waals surface area contributed by atoms with Crippen LogP contribution in [-0.2, 0) is 14.9 Å². The van der Waals surface area contributed by atoms with E-state index >= 15 is 0 Å². The van der Waals surface area contributed by atoms with Crippen molar-refractivity contribution in [2.45, 2.75) is 41.7 Å². The van der Waals surface area contributed by atoms with E-state index in [9.17, 15) is 4.79 Å². The Morgan fingerprint density at radius 2 is 2.00 bits per heavy atom. The first-order valence-electron chi connectivity index (χ1n) is 10.9. The molecule has 1 spiro atoms. The second-order valence-electron chi connectivity index (χ2n) is 9.59. The number of ether oxygens (including phenoxy) is 3. The van der Waals surface area contributed by atoms with Gasteiger partial charge in [0.25, 0.3) is 0 Å². The Labute approximate surface area is 181 Å². The Morgan fingerprint density at radius 3 is 2.80 bits per heavy atom. The zero-order valence-corrected chi connectivity index (χ0v) is 18.1. The van der Waals surface area contributed by atoms with Crippen molar-refractivity contribution < 1.29 is 19.0 Å². The van der Waals surface area contributed by atoms with Crippen LogP contribution in [0.3, 0.4) is 0 Å². The molecule has 1 aliphatic carbocycles. The second kappa shape index (κ2) is 5.75. The first-order chi connectivity index (χ1) is 14.6. The van der Waals surface area contributed by atoms with Gasteiger partial charge in [0.15, 0.2) is 11.5 Å². The SMILES string of the molecule is COc1cc2c(cc1OC)[C@@]13CCN4CC5=CCO[C@H]6CC(=O)N2[C@H]1[C@H]6[C@H]5C(S)[C@H]43. The fraction of sp³-hybridized carbons (Fsp3) is 0.609. The summed E-state index contributed by atoms with van der Waals surface area (Å²) in [5, 5.41) is 0.243. The highest BCUT2D eigenvalue weighted by Gasteiger charge is 2.73. The van der Waals surface area contributed by atoms with E-state index in [2.05, 4.69) is 21.9 Å². The largest absolute Gasteiger partial charge is 0.493 e. The average molecular weight is 427 g/mol. The number of rotatable bonds is 2. The van der Waals surface area contributed by atoms with Crippen LogP contribution in [0, 0.1) is 11.8 Å². The number of anilines is 1. The first kappa shape index (κ1) is 17.9. The molecule has 1 aromatic rings. The monoisotopic (exact) mass is 426 g/mol.